The van der Waals surface area contributed by atoms with Gasteiger partial charge in [0.2, 0.25) is 0 Å². The van der Waals surface area contributed by atoms with Gasteiger partial charge in [0.25, 0.3) is 0 Å². The number of benzene rings is 2. The van der Waals surface area contributed by atoms with Gasteiger partial charge in [-0.05, 0) is 38.5 Å². The van der Waals surface area contributed by atoms with E-state index in [0.717, 1.165) is 22.6 Å². The quantitative estimate of drug-likeness (QED) is 0.533. The molecule has 0 N–H and O–H groups in total. The molecule has 0 fully saturated rings. The number of aromatic nitrogens is 1. The number of para-hydroxylation sites is 1. The number of nitriles is 1. The molecule has 1 heterocycles. The molecule has 0 aliphatic rings. The summed E-state index contributed by atoms with van der Waals surface area (Å²) in [5.74, 6) is 0.772. The van der Waals surface area contributed by atoms with Crippen molar-refractivity contribution in [1.29, 1.82) is 5.26 Å². The molecule has 0 atom stereocenters. The Morgan fingerprint density at radius 1 is 1.23 bits per heavy atom. The van der Waals surface area contributed by atoms with Crippen LogP contribution in [0.1, 0.15) is 28.6 Å². The molecule has 4 heteroatoms. The molecular weight excluding hydrogens is 340 g/mol. The van der Waals surface area contributed by atoms with Gasteiger partial charge in [-0.2, -0.15) is 5.26 Å². The van der Waals surface area contributed by atoms with Crippen molar-refractivity contribution in [2.24, 2.45) is 0 Å². The third-order valence-electron chi connectivity index (χ3n) is 4.03. The predicted molar refractivity (Wildman–Crippen MR) is 108 cm³/mol. The van der Waals surface area contributed by atoms with Crippen LogP contribution in [0.5, 0.6) is 5.75 Å². The average Bonchev–Trinajstić information content (AvgIpc) is 3.10. The molecule has 3 aromatic rings. The Kier molecular flexibility index (Phi) is 5.50. The number of rotatable bonds is 5. The van der Waals surface area contributed by atoms with E-state index in [2.05, 4.69) is 38.1 Å². The Morgan fingerprint density at radius 3 is 2.77 bits per heavy atom. The third kappa shape index (κ3) is 3.84. The summed E-state index contributed by atoms with van der Waals surface area (Å²) in [6, 6.07) is 16.3. The highest BCUT2D eigenvalue weighted by molar-refractivity contribution is 7.11. The van der Waals surface area contributed by atoms with Gasteiger partial charge in [0.15, 0.2) is 0 Å². The lowest BCUT2D eigenvalue weighted by atomic mass is 10.0. The number of hydrogen-bond donors (Lipinski definition) is 0. The van der Waals surface area contributed by atoms with Crippen molar-refractivity contribution < 1.29 is 4.74 Å². The van der Waals surface area contributed by atoms with Gasteiger partial charge in [-0.3, -0.25) is 0 Å². The van der Waals surface area contributed by atoms with Gasteiger partial charge in [-0.1, -0.05) is 42.0 Å². The molecular formula is C22H20N2OS. The van der Waals surface area contributed by atoms with E-state index >= 15 is 0 Å². The molecule has 0 aliphatic heterocycles. The lowest BCUT2D eigenvalue weighted by Gasteiger charge is -2.06. The SMILES string of the molecule is CCOc1ccccc1/C=C(\C#N)c1nc(-c2ccc(C)cc2C)cs1. The van der Waals surface area contributed by atoms with Crippen LogP contribution in [0.15, 0.2) is 47.8 Å². The van der Waals surface area contributed by atoms with Crippen LogP contribution in [-0.2, 0) is 0 Å². The highest BCUT2D eigenvalue weighted by Crippen LogP contribution is 2.30. The van der Waals surface area contributed by atoms with Crippen molar-refractivity contribution in [3.05, 3.63) is 69.5 Å². The standard InChI is InChI=1S/C22H20N2OS/c1-4-25-21-8-6-5-7-17(21)12-18(13-23)22-24-20(14-26-22)19-10-9-15(2)11-16(19)3/h5-12,14H,4H2,1-3H3/b18-12+. The first-order valence-electron chi connectivity index (χ1n) is 8.49. The fourth-order valence-electron chi connectivity index (χ4n) is 2.81. The highest BCUT2D eigenvalue weighted by Gasteiger charge is 2.12. The maximum atomic E-state index is 9.64. The molecule has 0 saturated carbocycles. The first-order chi connectivity index (χ1) is 12.6. The molecule has 0 saturated heterocycles. The zero-order chi connectivity index (χ0) is 18.5. The molecule has 130 valence electrons. The smallest absolute Gasteiger partial charge is 0.134 e. The topological polar surface area (TPSA) is 45.9 Å². The van der Waals surface area contributed by atoms with Crippen molar-refractivity contribution in [3.63, 3.8) is 0 Å². The van der Waals surface area contributed by atoms with E-state index in [9.17, 15) is 5.26 Å². The van der Waals surface area contributed by atoms with Crippen LogP contribution in [0.4, 0.5) is 0 Å². The van der Waals surface area contributed by atoms with E-state index in [1.54, 1.807) is 0 Å². The number of thiazole rings is 1. The number of nitrogens with zero attached hydrogens (tertiary/aromatic N) is 2. The van der Waals surface area contributed by atoms with E-state index in [1.165, 1.54) is 22.5 Å². The maximum Gasteiger partial charge on any atom is 0.134 e. The first kappa shape index (κ1) is 17.9. The van der Waals surface area contributed by atoms with Gasteiger partial charge >= 0.3 is 0 Å². The fourth-order valence-corrected chi connectivity index (χ4v) is 3.59. The molecule has 0 bridgehead atoms. The molecule has 0 amide bonds. The monoisotopic (exact) mass is 360 g/mol. The summed E-state index contributed by atoms with van der Waals surface area (Å²) in [6.07, 6.45) is 1.84. The van der Waals surface area contributed by atoms with Gasteiger partial charge in [0.1, 0.15) is 16.8 Å². The normalized spacial score (nSPS) is 11.2. The van der Waals surface area contributed by atoms with E-state index < -0.39 is 0 Å². The van der Waals surface area contributed by atoms with Crippen LogP contribution >= 0.6 is 11.3 Å². The molecule has 3 rings (SSSR count). The van der Waals surface area contributed by atoms with Crippen LogP contribution < -0.4 is 4.74 Å². The first-order valence-corrected chi connectivity index (χ1v) is 9.37. The summed E-state index contributed by atoms with van der Waals surface area (Å²) in [7, 11) is 0. The average molecular weight is 360 g/mol. The van der Waals surface area contributed by atoms with Gasteiger partial charge in [-0.25, -0.2) is 4.98 Å². The zero-order valence-corrected chi connectivity index (χ0v) is 15.9. The second-order valence-electron chi connectivity index (χ2n) is 6.00. The molecule has 0 spiro atoms. The number of hydrogen-bond acceptors (Lipinski definition) is 4. The highest BCUT2D eigenvalue weighted by atomic mass is 32.1. The zero-order valence-electron chi connectivity index (χ0n) is 15.1. The third-order valence-corrected chi connectivity index (χ3v) is 4.91. The van der Waals surface area contributed by atoms with E-state index in [1.807, 2.05) is 42.6 Å². The molecule has 0 aliphatic carbocycles. The summed E-state index contributed by atoms with van der Waals surface area (Å²) in [5.41, 5.74) is 5.84. The predicted octanol–water partition coefficient (Wildman–Crippen LogP) is 5.89. The van der Waals surface area contributed by atoms with Crippen molar-refractivity contribution in [2.75, 3.05) is 6.61 Å². The van der Waals surface area contributed by atoms with E-state index in [-0.39, 0.29) is 0 Å². The summed E-state index contributed by atoms with van der Waals surface area (Å²) >= 11 is 1.49. The lowest BCUT2D eigenvalue weighted by Crippen LogP contribution is -1.93. The van der Waals surface area contributed by atoms with Crippen LogP contribution in [-0.4, -0.2) is 11.6 Å². The van der Waals surface area contributed by atoms with Crippen molar-refractivity contribution in [2.45, 2.75) is 20.8 Å². The summed E-state index contributed by atoms with van der Waals surface area (Å²) in [6.45, 7) is 6.69. The van der Waals surface area contributed by atoms with Crippen molar-refractivity contribution in [3.8, 4) is 23.1 Å². The van der Waals surface area contributed by atoms with E-state index in [4.69, 9.17) is 9.72 Å². The van der Waals surface area contributed by atoms with Gasteiger partial charge in [-0.15, -0.1) is 11.3 Å². The Balaban J connectivity index is 1.98. The number of aryl methyl sites for hydroxylation is 2. The minimum Gasteiger partial charge on any atom is -0.493 e. The molecule has 0 radical (unpaired) electrons. The van der Waals surface area contributed by atoms with Crippen LogP contribution in [0.3, 0.4) is 0 Å². The molecule has 26 heavy (non-hydrogen) atoms. The van der Waals surface area contributed by atoms with Gasteiger partial charge in [0.05, 0.1) is 17.9 Å². The van der Waals surface area contributed by atoms with Crippen molar-refractivity contribution >= 4 is 23.0 Å². The molecule has 2 aromatic carbocycles. The van der Waals surface area contributed by atoms with E-state index in [0.29, 0.717) is 17.2 Å². The Hall–Kier alpha value is -2.90. The van der Waals surface area contributed by atoms with Gasteiger partial charge in [0, 0.05) is 16.5 Å². The summed E-state index contributed by atoms with van der Waals surface area (Å²) < 4.78 is 5.65. The van der Waals surface area contributed by atoms with Crippen LogP contribution in [0, 0.1) is 25.2 Å². The Bertz CT molecular complexity index is 995. The molecule has 0 unspecified atom stereocenters. The Labute approximate surface area is 158 Å². The number of allylic oxidation sites excluding steroid dienone is 1. The fraction of sp³-hybridized carbons (Fsp3) is 0.182. The minimum atomic E-state index is 0.540. The maximum absolute atomic E-state index is 9.64. The lowest BCUT2D eigenvalue weighted by molar-refractivity contribution is 0.339. The molecule has 3 nitrogen and oxygen atoms in total. The number of ether oxygens (including phenoxy) is 1. The van der Waals surface area contributed by atoms with Gasteiger partial charge < -0.3 is 4.74 Å². The largest absolute Gasteiger partial charge is 0.493 e. The van der Waals surface area contributed by atoms with Crippen LogP contribution in [0.25, 0.3) is 22.9 Å². The second-order valence-corrected chi connectivity index (χ2v) is 6.86. The summed E-state index contributed by atoms with van der Waals surface area (Å²) in [5, 5.41) is 12.4. The summed E-state index contributed by atoms with van der Waals surface area (Å²) in [4.78, 5) is 4.70. The van der Waals surface area contributed by atoms with Crippen LogP contribution in [0.2, 0.25) is 0 Å². The minimum absolute atomic E-state index is 0.540. The Morgan fingerprint density at radius 2 is 2.04 bits per heavy atom. The molecule has 1 aromatic heterocycles. The van der Waals surface area contributed by atoms with Crippen molar-refractivity contribution in [1.82, 2.24) is 4.98 Å². The second kappa shape index (κ2) is 7.99.